The second-order valence-corrected chi connectivity index (χ2v) is 10.2. The number of nitrogens with one attached hydrogen (secondary N) is 1. The van der Waals surface area contributed by atoms with Crippen LogP contribution in [0.4, 0.5) is 5.69 Å². The molecule has 0 aliphatic heterocycles. The fourth-order valence-electron chi connectivity index (χ4n) is 3.64. The molecular formula is C22H27BrN2O4S. The summed E-state index contributed by atoms with van der Waals surface area (Å²) in [4.78, 5) is 12.8. The molecule has 0 atom stereocenters. The number of anilines is 1. The van der Waals surface area contributed by atoms with E-state index in [-0.39, 0.29) is 16.8 Å². The van der Waals surface area contributed by atoms with Crippen molar-refractivity contribution in [2.45, 2.75) is 50.0 Å². The number of hydrogen-bond donors (Lipinski definition) is 1. The number of benzene rings is 2. The van der Waals surface area contributed by atoms with Crippen molar-refractivity contribution >= 4 is 37.5 Å². The molecule has 0 radical (unpaired) electrons. The van der Waals surface area contributed by atoms with E-state index in [0.29, 0.717) is 28.1 Å². The summed E-state index contributed by atoms with van der Waals surface area (Å²) in [6, 6.07) is 11.5. The lowest BCUT2D eigenvalue weighted by Crippen LogP contribution is -2.38. The first-order valence-corrected chi connectivity index (χ1v) is 12.4. The Balaban J connectivity index is 1.69. The molecule has 2 aromatic rings. The van der Waals surface area contributed by atoms with Gasteiger partial charge in [0.25, 0.3) is 5.91 Å². The molecule has 3 rings (SSSR count). The molecule has 0 unspecified atom stereocenters. The van der Waals surface area contributed by atoms with Gasteiger partial charge in [-0.05, 0) is 78.2 Å². The van der Waals surface area contributed by atoms with Gasteiger partial charge in [0.2, 0.25) is 10.0 Å². The predicted octanol–water partition coefficient (Wildman–Crippen LogP) is 5.05. The number of carbonyl (C=O) groups is 1. The lowest BCUT2D eigenvalue weighted by molar-refractivity contribution is 0.102. The van der Waals surface area contributed by atoms with Gasteiger partial charge in [0, 0.05) is 24.3 Å². The third-order valence-electron chi connectivity index (χ3n) is 5.37. The SMILES string of the molecule is CCOc1ccc(C(=O)Nc2ccc(S(=O)(=O)N(C)C3CCCCC3)cc2)cc1Br. The molecule has 8 heteroatoms. The van der Waals surface area contributed by atoms with Gasteiger partial charge in [0.1, 0.15) is 5.75 Å². The number of sulfonamides is 1. The first kappa shape index (κ1) is 22.8. The summed E-state index contributed by atoms with van der Waals surface area (Å²) >= 11 is 3.40. The van der Waals surface area contributed by atoms with E-state index in [2.05, 4.69) is 21.2 Å². The molecule has 0 saturated heterocycles. The summed E-state index contributed by atoms with van der Waals surface area (Å²) in [5.74, 6) is 0.388. The maximum atomic E-state index is 12.9. The number of halogens is 1. The second-order valence-electron chi connectivity index (χ2n) is 7.37. The second kappa shape index (κ2) is 9.94. The average molecular weight is 495 g/mol. The summed E-state index contributed by atoms with van der Waals surface area (Å²) in [5, 5.41) is 2.80. The summed E-state index contributed by atoms with van der Waals surface area (Å²) in [6.45, 7) is 2.43. The van der Waals surface area contributed by atoms with Crippen LogP contribution in [0.1, 0.15) is 49.4 Å². The van der Waals surface area contributed by atoms with Crippen LogP contribution < -0.4 is 10.1 Å². The highest BCUT2D eigenvalue weighted by Gasteiger charge is 2.28. The van der Waals surface area contributed by atoms with Crippen molar-refractivity contribution in [1.29, 1.82) is 0 Å². The first-order chi connectivity index (χ1) is 14.3. The number of rotatable bonds is 7. The molecular weight excluding hydrogens is 468 g/mol. The van der Waals surface area contributed by atoms with Crippen LogP contribution in [0.15, 0.2) is 51.8 Å². The Morgan fingerprint density at radius 2 is 1.80 bits per heavy atom. The third-order valence-corrected chi connectivity index (χ3v) is 7.92. The van der Waals surface area contributed by atoms with Gasteiger partial charge in [-0.1, -0.05) is 19.3 Å². The lowest BCUT2D eigenvalue weighted by Gasteiger charge is -2.30. The maximum Gasteiger partial charge on any atom is 0.255 e. The molecule has 1 aliphatic rings. The summed E-state index contributed by atoms with van der Waals surface area (Å²) < 4.78 is 33.5. The Labute approximate surface area is 186 Å². The van der Waals surface area contributed by atoms with Gasteiger partial charge in [-0.2, -0.15) is 4.31 Å². The zero-order valence-corrected chi connectivity index (χ0v) is 19.6. The normalized spacial score (nSPS) is 15.2. The molecule has 1 amide bonds. The molecule has 30 heavy (non-hydrogen) atoms. The Kier molecular flexibility index (Phi) is 7.55. The topological polar surface area (TPSA) is 75.7 Å². The van der Waals surface area contributed by atoms with Crippen molar-refractivity contribution in [2.75, 3.05) is 19.0 Å². The van der Waals surface area contributed by atoms with Gasteiger partial charge in [-0.3, -0.25) is 4.79 Å². The highest BCUT2D eigenvalue weighted by Crippen LogP contribution is 2.28. The van der Waals surface area contributed by atoms with Crippen LogP contribution in [0.5, 0.6) is 5.75 Å². The minimum atomic E-state index is -3.55. The van der Waals surface area contributed by atoms with Crippen LogP contribution in [-0.4, -0.2) is 38.3 Å². The number of nitrogens with zero attached hydrogens (tertiary/aromatic N) is 1. The van der Waals surface area contributed by atoms with Crippen molar-refractivity contribution in [1.82, 2.24) is 4.31 Å². The van der Waals surface area contributed by atoms with Crippen molar-refractivity contribution in [2.24, 2.45) is 0 Å². The molecule has 2 aromatic carbocycles. The highest BCUT2D eigenvalue weighted by atomic mass is 79.9. The van der Waals surface area contributed by atoms with Crippen molar-refractivity contribution in [3.8, 4) is 5.75 Å². The fourth-order valence-corrected chi connectivity index (χ4v) is 5.54. The zero-order valence-electron chi connectivity index (χ0n) is 17.2. The Hall–Kier alpha value is -1.90. The van der Waals surface area contributed by atoms with Crippen LogP contribution in [0.25, 0.3) is 0 Å². The van der Waals surface area contributed by atoms with E-state index in [1.54, 1.807) is 49.5 Å². The van der Waals surface area contributed by atoms with E-state index in [4.69, 9.17) is 4.74 Å². The molecule has 1 saturated carbocycles. The van der Waals surface area contributed by atoms with Crippen LogP contribution in [0, 0.1) is 0 Å². The van der Waals surface area contributed by atoms with Crippen molar-refractivity contribution in [3.05, 3.63) is 52.5 Å². The van der Waals surface area contributed by atoms with E-state index in [1.807, 2.05) is 6.92 Å². The van der Waals surface area contributed by atoms with Gasteiger partial charge >= 0.3 is 0 Å². The first-order valence-electron chi connectivity index (χ1n) is 10.1. The molecule has 1 N–H and O–H groups in total. The third kappa shape index (κ3) is 5.22. The van der Waals surface area contributed by atoms with Gasteiger partial charge in [-0.15, -0.1) is 0 Å². The summed E-state index contributed by atoms with van der Waals surface area (Å²) in [5.41, 5.74) is 1.00. The number of ether oxygens (including phenoxy) is 1. The van der Waals surface area contributed by atoms with Crippen molar-refractivity contribution in [3.63, 3.8) is 0 Å². The molecule has 0 heterocycles. The van der Waals surface area contributed by atoms with Crippen molar-refractivity contribution < 1.29 is 17.9 Å². The molecule has 1 fully saturated rings. The zero-order chi connectivity index (χ0) is 21.7. The maximum absolute atomic E-state index is 12.9. The number of amides is 1. The number of hydrogen-bond acceptors (Lipinski definition) is 4. The smallest absolute Gasteiger partial charge is 0.255 e. The van der Waals surface area contributed by atoms with Gasteiger partial charge in [-0.25, -0.2) is 8.42 Å². The average Bonchev–Trinajstić information content (AvgIpc) is 2.75. The van der Waals surface area contributed by atoms with Crippen LogP contribution in [0.3, 0.4) is 0 Å². The molecule has 0 bridgehead atoms. The van der Waals surface area contributed by atoms with E-state index < -0.39 is 10.0 Å². The fraction of sp³-hybridized carbons (Fsp3) is 0.409. The molecule has 1 aliphatic carbocycles. The molecule has 0 aromatic heterocycles. The highest BCUT2D eigenvalue weighted by molar-refractivity contribution is 9.10. The Morgan fingerprint density at radius 1 is 1.13 bits per heavy atom. The molecule has 162 valence electrons. The summed E-state index contributed by atoms with van der Waals surface area (Å²) in [6.07, 6.45) is 5.11. The minimum absolute atomic E-state index is 0.0567. The number of carbonyl (C=O) groups excluding carboxylic acids is 1. The standard InChI is InChI=1S/C22H27BrN2O4S/c1-3-29-21-14-9-16(15-20(21)23)22(26)24-17-10-12-19(13-11-17)30(27,28)25(2)18-7-5-4-6-8-18/h9-15,18H,3-8H2,1-2H3,(H,24,26). The van der Waals surface area contributed by atoms with Gasteiger partial charge in [0.05, 0.1) is 16.0 Å². The molecule has 0 spiro atoms. The van der Waals surface area contributed by atoms with E-state index in [9.17, 15) is 13.2 Å². The van der Waals surface area contributed by atoms with Crippen LogP contribution in [-0.2, 0) is 10.0 Å². The predicted molar refractivity (Wildman–Crippen MR) is 122 cm³/mol. The Bertz CT molecular complexity index is 987. The van der Waals surface area contributed by atoms with Gasteiger partial charge in [0.15, 0.2) is 0 Å². The quantitative estimate of drug-likeness (QED) is 0.583. The lowest BCUT2D eigenvalue weighted by atomic mass is 9.96. The Morgan fingerprint density at radius 3 is 2.40 bits per heavy atom. The van der Waals surface area contributed by atoms with Gasteiger partial charge < -0.3 is 10.1 Å². The molecule has 6 nitrogen and oxygen atoms in total. The van der Waals surface area contributed by atoms with E-state index in [0.717, 1.165) is 25.7 Å². The monoisotopic (exact) mass is 494 g/mol. The minimum Gasteiger partial charge on any atom is -0.493 e. The van der Waals surface area contributed by atoms with E-state index in [1.165, 1.54) is 10.7 Å². The van der Waals surface area contributed by atoms with Crippen LogP contribution in [0.2, 0.25) is 0 Å². The van der Waals surface area contributed by atoms with E-state index >= 15 is 0 Å². The largest absolute Gasteiger partial charge is 0.493 e. The summed E-state index contributed by atoms with van der Waals surface area (Å²) in [7, 11) is -1.89. The van der Waals surface area contributed by atoms with Crippen LogP contribution >= 0.6 is 15.9 Å².